The molecule has 7 nitrogen and oxygen atoms in total. The van der Waals surface area contributed by atoms with Crippen molar-refractivity contribution in [3.05, 3.63) is 58.7 Å². The van der Waals surface area contributed by atoms with Crippen molar-refractivity contribution in [2.45, 2.75) is 13.0 Å². The average molecular weight is 460 g/mol. The number of hydrogen-bond donors (Lipinski definition) is 2. The second-order valence-corrected chi connectivity index (χ2v) is 7.38. The van der Waals surface area contributed by atoms with Crippen LogP contribution >= 0.6 is 15.9 Å². The van der Waals surface area contributed by atoms with Gasteiger partial charge in [0.25, 0.3) is 0 Å². The molecule has 1 unspecified atom stereocenters. The maximum absolute atomic E-state index is 15.3. The first-order chi connectivity index (χ1) is 13.8. The van der Waals surface area contributed by atoms with Crippen molar-refractivity contribution < 1.29 is 8.78 Å². The van der Waals surface area contributed by atoms with Gasteiger partial charge >= 0.3 is 0 Å². The van der Waals surface area contributed by atoms with E-state index in [1.165, 1.54) is 12.3 Å². The quantitative estimate of drug-likeness (QED) is 0.474. The lowest BCUT2D eigenvalue weighted by atomic mass is 10.0. The highest BCUT2D eigenvalue weighted by molar-refractivity contribution is 9.10. The average Bonchev–Trinajstić information content (AvgIpc) is 3.11. The van der Waals surface area contributed by atoms with Gasteiger partial charge in [-0.05, 0) is 28.9 Å². The number of rotatable bonds is 4. The summed E-state index contributed by atoms with van der Waals surface area (Å²) >= 11 is 3.20. The summed E-state index contributed by atoms with van der Waals surface area (Å²) in [4.78, 5) is 12.3. The summed E-state index contributed by atoms with van der Waals surface area (Å²) in [5, 5.41) is 7.25. The minimum Gasteiger partial charge on any atom is -0.381 e. The molecule has 0 bridgehead atoms. The Hall–Kier alpha value is -3.14. The fourth-order valence-corrected chi connectivity index (χ4v) is 3.38. The molecule has 4 aromatic rings. The third-order valence-corrected chi connectivity index (χ3v) is 4.89. The number of halogens is 3. The fraction of sp³-hybridized carbons (Fsp3) is 0.158. The number of benzene rings is 1. The Kier molecular flexibility index (Phi) is 4.87. The second kappa shape index (κ2) is 7.36. The number of pyridine rings is 1. The lowest BCUT2D eigenvalue weighted by Crippen LogP contribution is -2.14. The van der Waals surface area contributed by atoms with Gasteiger partial charge in [-0.2, -0.15) is 5.10 Å². The second-order valence-electron chi connectivity index (χ2n) is 6.57. The molecular formula is C19H16BrF2N7. The summed E-state index contributed by atoms with van der Waals surface area (Å²) in [6.45, 7) is 1.62. The van der Waals surface area contributed by atoms with Crippen LogP contribution in [0.5, 0.6) is 0 Å². The summed E-state index contributed by atoms with van der Waals surface area (Å²) in [5.41, 5.74) is 7.37. The van der Waals surface area contributed by atoms with Crippen molar-refractivity contribution in [3.63, 3.8) is 0 Å². The highest BCUT2D eigenvalue weighted by Crippen LogP contribution is 2.32. The summed E-state index contributed by atoms with van der Waals surface area (Å²) in [7, 11) is 1.79. The van der Waals surface area contributed by atoms with E-state index in [2.05, 4.69) is 41.3 Å². The first-order valence-electron chi connectivity index (χ1n) is 8.64. The Morgan fingerprint density at radius 3 is 2.66 bits per heavy atom. The van der Waals surface area contributed by atoms with Gasteiger partial charge in [0.2, 0.25) is 0 Å². The number of nitrogens with two attached hydrogens (primary N) is 1. The third kappa shape index (κ3) is 3.63. The van der Waals surface area contributed by atoms with Crippen LogP contribution in [-0.2, 0) is 7.05 Å². The van der Waals surface area contributed by atoms with Crippen molar-refractivity contribution in [2.24, 2.45) is 7.05 Å². The van der Waals surface area contributed by atoms with Gasteiger partial charge < -0.3 is 11.1 Å². The van der Waals surface area contributed by atoms with E-state index in [1.54, 1.807) is 43.3 Å². The summed E-state index contributed by atoms with van der Waals surface area (Å²) < 4.78 is 32.2. The minimum absolute atomic E-state index is 0.127. The maximum atomic E-state index is 15.3. The predicted octanol–water partition coefficient (Wildman–Crippen LogP) is 4.22. The molecule has 0 aliphatic rings. The molecule has 0 spiro atoms. The van der Waals surface area contributed by atoms with E-state index in [9.17, 15) is 4.39 Å². The van der Waals surface area contributed by atoms with Crippen molar-refractivity contribution in [1.82, 2.24) is 24.7 Å². The van der Waals surface area contributed by atoms with Crippen LogP contribution in [0.15, 0.2) is 41.5 Å². The standard InChI is InChI=1S/C19H16BrF2N7/c1-9(27-19-18(23)25-7-15(20)28-19)16-13(21)4-14-12(17(16)22)3-10(5-24-14)11-6-26-29(2)8-11/h3-9H,1-2H3,(H2,23,25)(H,27,28). The van der Waals surface area contributed by atoms with Gasteiger partial charge in [0, 0.05) is 47.6 Å². The van der Waals surface area contributed by atoms with Crippen LogP contribution in [0.25, 0.3) is 22.0 Å². The zero-order chi connectivity index (χ0) is 20.7. The van der Waals surface area contributed by atoms with Gasteiger partial charge in [-0.3, -0.25) is 9.67 Å². The zero-order valence-electron chi connectivity index (χ0n) is 15.5. The molecule has 0 saturated carbocycles. The number of anilines is 2. The summed E-state index contributed by atoms with van der Waals surface area (Å²) in [5.74, 6) is -1.05. The van der Waals surface area contributed by atoms with E-state index >= 15 is 4.39 Å². The molecule has 3 heterocycles. The summed E-state index contributed by atoms with van der Waals surface area (Å²) in [6.07, 6.45) is 6.46. The van der Waals surface area contributed by atoms with E-state index < -0.39 is 17.7 Å². The molecule has 3 aromatic heterocycles. The molecular weight excluding hydrogens is 444 g/mol. The number of aromatic nitrogens is 5. The largest absolute Gasteiger partial charge is 0.381 e. The molecule has 4 rings (SSSR count). The number of nitrogens with zero attached hydrogens (tertiary/aromatic N) is 5. The van der Waals surface area contributed by atoms with Crippen LogP contribution in [-0.4, -0.2) is 24.7 Å². The Morgan fingerprint density at radius 1 is 1.14 bits per heavy atom. The van der Waals surface area contributed by atoms with Gasteiger partial charge in [0.1, 0.15) is 16.2 Å². The summed E-state index contributed by atoms with van der Waals surface area (Å²) in [6, 6.07) is 2.10. The van der Waals surface area contributed by atoms with Gasteiger partial charge in [0.15, 0.2) is 11.6 Å². The SMILES string of the molecule is CC(Nc1nc(Br)cnc1N)c1c(F)cc2ncc(-c3cnn(C)c3)cc2c1F. The Bertz CT molecular complexity index is 1220. The lowest BCUT2D eigenvalue weighted by molar-refractivity contribution is 0.551. The lowest BCUT2D eigenvalue weighted by Gasteiger charge is -2.18. The zero-order valence-corrected chi connectivity index (χ0v) is 17.1. The van der Waals surface area contributed by atoms with Gasteiger partial charge in [-0.15, -0.1) is 0 Å². The van der Waals surface area contributed by atoms with Gasteiger partial charge in [-0.1, -0.05) is 0 Å². The third-order valence-electron chi connectivity index (χ3n) is 4.51. The van der Waals surface area contributed by atoms with Crippen LogP contribution < -0.4 is 11.1 Å². The number of fused-ring (bicyclic) bond motifs is 1. The molecule has 1 aromatic carbocycles. The van der Waals surface area contributed by atoms with Crippen molar-refractivity contribution in [2.75, 3.05) is 11.1 Å². The van der Waals surface area contributed by atoms with E-state index in [0.717, 1.165) is 5.56 Å². The highest BCUT2D eigenvalue weighted by atomic mass is 79.9. The first kappa shape index (κ1) is 19.2. The number of nitrogens with one attached hydrogen (secondary N) is 1. The normalized spacial score (nSPS) is 12.3. The molecule has 3 N–H and O–H groups in total. The van der Waals surface area contributed by atoms with Crippen LogP contribution in [0, 0.1) is 11.6 Å². The van der Waals surface area contributed by atoms with E-state index in [0.29, 0.717) is 10.2 Å². The maximum Gasteiger partial charge on any atom is 0.170 e. The molecule has 29 heavy (non-hydrogen) atoms. The molecule has 0 aliphatic carbocycles. The minimum atomic E-state index is -0.757. The van der Waals surface area contributed by atoms with E-state index in [1.807, 2.05) is 0 Å². The van der Waals surface area contributed by atoms with Crippen LogP contribution in [0.2, 0.25) is 0 Å². The number of aryl methyl sites for hydroxylation is 1. The highest BCUT2D eigenvalue weighted by Gasteiger charge is 2.21. The Morgan fingerprint density at radius 2 is 1.93 bits per heavy atom. The van der Waals surface area contributed by atoms with Crippen molar-refractivity contribution in [3.8, 4) is 11.1 Å². The molecule has 10 heteroatoms. The van der Waals surface area contributed by atoms with Crippen LogP contribution in [0.1, 0.15) is 18.5 Å². The molecule has 0 aliphatic heterocycles. The van der Waals surface area contributed by atoms with E-state index in [4.69, 9.17) is 5.73 Å². The monoisotopic (exact) mass is 459 g/mol. The Labute approximate surface area is 173 Å². The Balaban J connectivity index is 1.78. The van der Waals surface area contributed by atoms with Crippen molar-refractivity contribution >= 4 is 38.5 Å². The molecule has 0 radical (unpaired) electrons. The topological polar surface area (TPSA) is 94.5 Å². The fourth-order valence-electron chi connectivity index (χ4n) is 3.10. The van der Waals surface area contributed by atoms with Gasteiger partial charge in [0.05, 0.1) is 24.0 Å². The number of nitrogen functional groups attached to an aromatic ring is 1. The first-order valence-corrected chi connectivity index (χ1v) is 9.44. The van der Waals surface area contributed by atoms with E-state index in [-0.39, 0.29) is 28.1 Å². The molecule has 0 saturated heterocycles. The smallest absolute Gasteiger partial charge is 0.170 e. The van der Waals surface area contributed by atoms with Crippen LogP contribution in [0.4, 0.5) is 20.4 Å². The number of hydrogen-bond acceptors (Lipinski definition) is 6. The molecule has 0 amide bonds. The predicted molar refractivity (Wildman–Crippen MR) is 110 cm³/mol. The molecule has 1 atom stereocenters. The van der Waals surface area contributed by atoms with Crippen LogP contribution in [0.3, 0.4) is 0 Å². The van der Waals surface area contributed by atoms with Crippen molar-refractivity contribution in [1.29, 1.82) is 0 Å². The molecule has 148 valence electrons. The van der Waals surface area contributed by atoms with Gasteiger partial charge in [-0.25, -0.2) is 18.7 Å². The molecule has 0 fully saturated rings.